The summed E-state index contributed by atoms with van der Waals surface area (Å²) in [5.41, 5.74) is 0.613. The first kappa shape index (κ1) is 14.0. The van der Waals surface area contributed by atoms with Crippen molar-refractivity contribution in [3.63, 3.8) is 0 Å². The van der Waals surface area contributed by atoms with E-state index >= 15 is 0 Å². The topological polar surface area (TPSA) is 81.5 Å². The first-order valence-electron chi connectivity index (χ1n) is 6.74. The fraction of sp³-hybridized carbons (Fsp3) is 0.200. The molecule has 1 aliphatic rings. The molecule has 0 fully saturated rings. The minimum absolute atomic E-state index is 0.0558. The predicted molar refractivity (Wildman–Crippen MR) is 75.0 cm³/mol. The van der Waals surface area contributed by atoms with E-state index in [1.807, 2.05) is 13.8 Å². The maximum Gasteiger partial charge on any atom is 0.381 e. The van der Waals surface area contributed by atoms with Crippen LogP contribution in [0.5, 0.6) is 0 Å². The summed E-state index contributed by atoms with van der Waals surface area (Å²) >= 11 is 0. The van der Waals surface area contributed by atoms with Gasteiger partial charge in [-0.1, -0.05) is 17.2 Å². The van der Waals surface area contributed by atoms with E-state index in [2.05, 4.69) is 5.10 Å². The van der Waals surface area contributed by atoms with Crippen LogP contribution in [0, 0.1) is 0 Å². The summed E-state index contributed by atoms with van der Waals surface area (Å²) in [4.78, 5) is 41.5. The molecule has 0 aliphatic carbocycles. The molecule has 7 nitrogen and oxygen atoms in total. The molecule has 1 aromatic heterocycles. The third-order valence-corrected chi connectivity index (χ3v) is 3.30. The molecule has 0 spiro atoms. The van der Waals surface area contributed by atoms with E-state index in [1.165, 1.54) is 29.1 Å². The van der Waals surface area contributed by atoms with Gasteiger partial charge in [0.25, 0.3) is 11.8 Å². The fourth-order valence-electron chi connectivity index (χ4n) is 2.27. The van der Waals surface area contributed by atoms with Gasteiger partial charge in [0.05, 0.1) is 11.1 Å². The lowest BCUT2D eigenvalue weighted by atomic mass is 10.1. The number of nitrogens with zero attached hydrogens (tertiary/aromatic N) is 3. The van der Waals surface area contributed by atoms with Gasteiger partial charge in [0.2, 0.25) is 0 Å². The Morgan fingerprint density at radius 3 is 2.23 bits per heavy atom. The van der Waals surface area contributed by atoms with Crippen molar-refractivity contribution in [3.05, 3.63) is 53.3 Å². The van der Waals surface area contributed by atoms with Crippen LogP contribution in [0.4, 0.5) is 0 Å². The number of carbonyl (C=O) groups is 3. The second-order valence-corrected chi connectivity index (χ2v) is 5.08. The number of hydrogen-bond donors (Lipinski definition) is 0. The third-order valence-electron chi connectivity index (χ3n) is 3.30. The molecule has 0 bridgehead atoms. The van der Waals surface area contributed by atoms with Gasteiger partial charge in [0.15, 0.2) is 0 Å². The minimum atomic E-state index is -0.805. The van der Waals surface area contributed by atoms with Crippen LogP contribution in [-0.4, -0.2) is 32.6 Å². The highest BCUT2D eigenvalue weighted by Crippen LogP contribution is 2.23. The lowest BCUT2D eigenvalue weighted by Crippen LogP contribution is -2.33. The number of imide groups is 1. The zero-order valence-corrected chi connectivity index (χ0v) is 12.0. The Labute approximate surface area is 126 Å². The fourth-order valence-corrected chi connectivity index (χ4v) is 2.27. The van der Waals surface area contributed by atoms with E-state index in [1.54, 1.807) is 12.1 Å². The van der Waals surface area contributed by atoms with Crippen LogP contribution < -0.4 is 0 Å². The Kier molecular flexibility index (Phi) is 3.25. The summed E-state index contributed by atoms with van der Waals surface area (Å²) < 4.78 is 1.46. The van der Waals surface area contributed by atoms with Crippen LogP contribution in [0.25, 0.3) is 0 Å². The van der Waals surface area contributed by atoms with Gasteiger partial charge in [-0.3, -0.25) is 14.3 Å². The number of carbonyl (C=O) groups excluding carboxylic acids is 3. The number of amides is 2. The molecule has 1 aliphatic heterocycles. The Bertz CT molecular complexity index is 744. The smallest absolute Gasteiger partial charge is 0.323 e. The van der Waals surface area contributed by atoms with Crippen molar-refractivity contribution in [2.45, 2.75) is 19.9 Å². The van der Waals surface area contributed by atoms with Crippen molar-refractivity contribution in [2.75, 3.05) is 0 Å². The standard InChI is InChI=1S/C15H13N3O4/c1-9(2)17-12(7-8-16-17)15(21)22-18-13(19)10-5-3-4-6-11(10)14(18)20/h3-9H,1-2H3. The number of benzene rings is 1. The van der Waals surface area contributed by atoms with Gasteiger partial charge in [-0.25, -0.2) is 4.79 Å². The summed E-state index contributed by atoms with van der Waals surface area (Å²) in [5.74, 6) is -2.10. The Balaban J connectivity index is 1.86. The van der Waals surface area contributed by atoms with Crippen molar-refractivity contribution >= 4 is 17.8 Å². The van der Waals surface area contributed by atoms with E-state index < -0.39 is 17.8 Å². The molecule has 0 atom stereocenters. The molecule has 112 valence electrons. The molecular formula is C15H13N3O4. The normalized spacial score (nSPS) is 13.7. The van der Waals surface area contributed by atoms with Crippen LogP contribution in [0.1, 0.15) is 51.1 Å². The van der Waals surface area contributed by atoms with Crippen molar-refractivity contribution in [1.82, 2.24) is 14.8 Å². The van der Waals surface area contributed by atoms with Gasteiger partial charge in [-0.05, 0) is 32.0 Å². The monoisotopic (exact) mass is 299 g/mol. The number of aromatic nitrogens is 2. The van der Waals surface area contributed by atoms with Crippen LogP contribution in [0.3, 0.4) is 0 Å². The minimum Gasteiger partial charge on any atom is -0.323 e. The molecule has 2 amide bonds. The molecular weight excluding hydrogens is 286 g/mol. The molecule has 0 radical (unpaired) electrons. The van der Waals surface area contributed by atoms with Gasteiger partial charge in [0, 0.05) is 12.2 Å². The summed E-state index contributed by atoms with van der Waals surface area (Å²) in [5, 5.41) is 4.51. The highest BCUT2D eigenvalue weighted by molar-refractivity contribution is 6.21. The summed E-state index contributed by atoms with van der Waals surface area (Å²) in [7, 11) is 0. The highest BCUT2D eigenvalue weighted by Gasteiger charge is 2.39. The lowest BCUT2D eigenvalue weighted by molar-refractivity contribution is -0.0593. The SMILES string of the molecule is CC(C)n1nccc1C(=O)ON1C(=O)c2ccccc2C1=O. The molecule has 22 heavy (non-hydrogen) atoms. The predicted octanol–water partition coefficient (Wildman–Crippen LogP) is 1.83. The van der Waals surface area contributed by atoms with Gasteiger partial charge >= 0.3 is 5.97 Å². The Hall–Kier alpha value is -2.96. The molecule has 2 heterocycles. The highest BCUT2D eigenvalue weighted by atomic mass is 16.7. The quantitative estimate of drug-likeness (QED) is 0.808. The Morgan fingerprint density at radius 1 is 1.09 bits per heavy atom. The van der Waals surface area contributed by atoms with Gasteiger partial charge in [-0.2, -0.15) is 5.10 Å². The maximum atomic E-state index is 12.2. The molecule has 0 N–H and O–H groups in total. The van der Waals surface area contributed by atoms with Crippen molar-refractivity contribution in [1.29, 1.82) is 0 Å². The summed E-state index contributed by atoms with van der Waals surface area (Å²) in [6.45, 7) is 3.71. The van der Waals surface area contributed by atoms with E-state index in [4.69, 9.17) is 4.84 Å². The molecule has 3 rings (SSSR count). The van der Waals surface area contributed by atoms with E-state index in [9.17, 15) is 14.4 Å². The third kappa shape index (κ3) is 2.07. The van der Waals surface area contributed by atoms with Crippen molar-refractivity contribution in [2.24, 2.45) is 0 Å². The molecule has 1 aromatic carbocycles. The molecule has 0 unspecified atom stereocenters. The summed E-state index contributed by atoms with van der Waals surface area (Å²) in [6.07, 6.45) is 1.46. The van der Waals surface area contributed by atoms with Gasteiger partial charge in [-0.15, -0.1) is 0 Å². The molecule has 7 heteroatoms. The first-order valence-corrected chi connectivity index (χ1v) is 6.74. The zero-order valence-electron chi connectivity index (χ0n) is 12.0. The average molecular weight is 299 g/mol. The van der Waals surface area contributed by atoms with E-state index in [0.29, 0.717) is 5.06 Å². The van der Waals surface area contributed by atoms with Crippen LogP contribution in [0.15, 0.2) is 36.5 Å². The van der Waals surface area contributed by atoms with E-state index in [0.717, 1.165) is 0 Å². The van der Waals surface area contributed by atoms with Crippen molar-refractivity contribution < 1.29 is 19.2 Å². The van der Waals surface area contributed by atoms with Crippen LogP contribution in [-0.2, 0) is 4.84 Å². The van der Waals surface area contributed by atoms with Crippen molar-refractivity contribution in [3.8, 4) is 0 Å². The second kappa shape index (κ2) is 5.10. The maximum absolute atomic E-state index is 12.2. The average Bonchev–Trinajstić information content (AvgIpc) is 3.08. The molecule has 2 aromatic rings. The largest absolute Gasteiger partial charge is 0.381 e. The lowest BCUT2D eigenvalue weighted by Gasteiger charge is -2.14. The number of fused-ring (bicyclic) bond motifs is 1. The van der Waals surface area contributed by atoms with E-state index in [-0.39, 0.29) is 22.9 Å². The van der Waals surface area contributed by atoms with Gasteiger partial charge in [0.1, 0.15) is 5.69 Å². The van der Waals surface area contributed by atoms with Crippen LogP contribution in [0.2, 0.25) is 0 Å². The second-order valence-electron chi connectivity index (χ2n) is 5.08. The molecule has 0 saturated heterocycles. The zero-order chi connectivity index (χ0) is 15.9. The number of hydroxylamine groups is 2. The number of hydrogen-bond acceptors (Lipinski definition) is 5. The summed E-state index contributed by atoms with van der Waals surface area (Å²) in [6, 6.07) is 7.73. The Morgan fingerprint density at radius 2 is 1.68 bits per heavy atom. The number of rotatable bonds is 3. The first-order chi connectivity index (χ1) is 10.5. The molecule has 0 saturated carbocycles. The van der Waals surface area contributed by atoms with Crippen LogP contribution >= 0.6 is 0 Å². The van der Waals surface area contributed by atoms with Gasteiger partial charge < -0.3 is 4.84 Å².